The SMILES string of the molecule is c1ccc(-c2ccc(N(c3cccc(-c4cccc5c4oc4ccccc45)c3)c3ccc4c5c(-c6ccccc6)cccc5n(-c5ccccc5)c4c3)cc2)cc1. The van der Waals surface area contributed by atoms with Crippen molar-refractivity contribution in [1.29, 1.82) is 0 Å². The molecule has 0 aliphatic carbocycles. The van der Waals surface area contributed by atoms with Crippen LogP contribution in [0.1, 0.15) is 0 Å². The molecule has 2 heterocycles. The number of fused-ring (bicyclic) bond motifs is 6. The normalized spacial score (nSPS) is 11.5. The van der Waals surface area contributed by atoms with Crippen LogP contribution in [0.15, 0.2) is 223 Å². The van der Waals surface area contributed by atoms with Gasteiger partial charge >= 0.3 is 0 Å². The van der Waals surface area contributed by atoms with Crippen LogP contribution in [0.5, 0.6) is 0 Å². The summed E-state index contributed by atoms with van der Waals surface area (Å²) in [5, 5.41) is 4.70. The molecule has 11 rings (SSSR count). The van der Waals surface area contributed by atoms with Crippen LogP contribution in [0.3, 0.4) is 0 Å². The van der Waals surface area contributed by atoms with E-state index in [4.69, 9.17) is 4.42 Å². The van der Waals surface area contributed by atoms with Gasteiger partial charge in [0.15, 0.2) is 0 Å². The Morgan fingerprint density at radius 3 is 1.75 bits per heavy atom. The van der Waals surface area contributed by atoms with Crippen molar-refractivity contribution in [3.05, 3.63) is 218 Å². The molecule has 57 heavy (non-hydrogen) atoms. The Morgan fingerprint density at radius 1 is 0.351 bits per heavy atom. The molecule has 2 aromatic heterocycles. The lowest BCUT2D eigenvalue weighted by molar-refractivity contribution is 0.670. The zero-order chi connectivity index (χ0) is 37.7. The van der Waals surface area contributed by atoms with E-state index in [9.17, 15) is 0 Å². The summed E-state index contributed by atoms with van der Waals surface area (Å²) in [7, 11) is 0. The van der Waals surface area contributed by atoms with Crippen LogP contribution in [0.2, 0.25) is 0 Å². The summed E-state index contributed by atoms with van der Waals surface area (Å²) in [4.78, 5) is 2.38. The third-order valence-electron chi connectivity index (χ3n) is 11.2. The fraction of sp³-hybridized carbons (Fsp3) is 0. The third kappa shape index (κ3) is 5.60. The molecule has 0 spiro atoms. The summed E-state index contributed by atoms with van der Waals surface area (Å²) in [5.41, 5.74) is 15.4. The summed E-state index contributed by atoms with van der Waals surface area (Å²) in [6.45, 7) is 0. The average Bonchev–Trinajstić information content (AvgIpc) is 3.84. The molecule has 0 radical (unpaired) electrons. The molecule has 268 valence electrons. The van der Waals surface area contributed by atoms with Crippen molar-refractivity contribution in [3.63, 3.8) is 0 Å². The molecule has 0 N–H and O–H groups in total. The number of aromatic nitrogens is 1. The molecular weight excluding hydrogens is 693 g/mol. The lowest BCUT2D eigenvalue weighted by Gasteiger charge is -2.26. The maximum Gasteiger partial charge on any atom is 0.143 e. The van der Waals surface area contributed by atoms with Gasteiger partial charge in [0, 0.05) is 49.9 Å². The van der Waals surface area contributed by atoms with Crippen molar-refractivity contribution < 1.29 is 4.42 Å². The summed E-state index contributed by atoms with van der Waals surface area (Å²) >= 11 is 0. The molecule has 0 fully saturated rings. The molecule has 3 nitrogen and oxygen atoms in total. The number of hydrogen-bond acceptors (Lipinski definition) is 2. The van der Waals surface area contributed by atoms with E-state index in [-0.39, 0.29) is 0 Å². The van der Waals surface area contributed by atoms with Crippen molar-refractivity contribution in [2.45, 2.75) is 0 Å². The van der Waals surface area contributed by atoms with Gasteiger partial charge in [-0.15, -0.1) is 0 Å². The van der Waals surface area contributed by atoms with Gasteiger partial charge < -0.3 is 13.9 Å². The van der Waals surface area contributed by atoms with Gasteiger partial charge in [-0.05, 0) is 88.5 Å². The largest absolute Gasteiger partial charge is 0.455 e. The van der Waals surface area contributed by atoms with Crippen LogP contribution in [-0.4, -0.2) is 4.57 Å². The minimum atomic E-state index is 0.897. The van der Waals surface area contributed by atoms with E-state index < -0.39 is 0 Å². The number of benzene rings is 9. The summed E-state index contributed by atoms with van der Waals surface area (Å²) < 4.78 is 8.93. The van der Waals surface area contributed by atoms with Gasteiger partial charge in [0.05, 0.1) is 11.0 Å². The molecular formula is C54H36N2O. The Bertz CT molecular complexity index is 3220. The van der Waals surface area contributed by atoms with Crippen LogP contribution in [-0.2, 0) is 0 Å². The van der Waals surface area contributed by atoms with Gasteiger partial charge in [0.2, 0.25) is 0 Å². The van der Waals surface area contributed by atoms with E-state index in [0.29, 0.717) is 0 Å². The highest BCUT2D eigenvalue weighted by molar-refractivity contribution is 6.16. The van der Waals surface area contributed by atoms with Gasteiger partial charge in [-0.2, -0.15) is 0 Å². The first-order valence-electron chi connectivity index (χ1n) is 19.4. The van der Waals surface area contributed by atoms with Crippen LogP contribution in [0.4, 0.5) is 17.1 Å². The maximum atomic E-state index is 6.52. The molecule has 3 heteroatoms. The number of nitrogens with zero attached hydrogens (tertiary/aromatic N) is 2. The van der Waals surface area contributed by atoms with Crippen molar-refractivity contribution >= 4 is 60.8 Å². The second-order valence-corrected chi connectivity index (χ2v) is 14.5. The highest BCUT2D eigenvalue weighted by Gasteiger charge is 2.21. The van der Waals surface area contributed by atoms with Gasteiger partial charge in [-0.3, -0.25) is 0 Å². The number of para-hydroxylation sites is 3. The summed E-state index contributed by atoms with van der Waals surface area (Å²) in [6, 6.07) is 78.1. The molecule has 9 aromatic carbocycles. The van der Waals surface area contributed by atoms with Gasteiger partial charge in [-0.25, -0.2) is 0 Å². The maximum absolute atomic E-state index is 6.52. The second-order valence-electron chi connectivity index (χ2n) is 14.5. The van der Waals surface area contributed by atoms with Crippen LogP contribution < -0.4 is 4.90 Å². The molecule has 0 amide bonds. The Kier molecular flexibility index (Phi) is 7.82. The van der Waals surface area contributed by atoms with E-state index in [1.807, 2.05) is 12.1 Å². The van der Waals surface area contributed by atoms with Crippen LogP contribution >= 0.6 is 0 Å². The fourth-order valence-electron chi connectivity index (χ4n) is 8.58. The Hall–Kier alpha value is -7.62. The smallest absolute Gasteiger partial charge is 0.143 e. The van der Waals surface area contributed by atoms with E-state index in [2.05, 4.69) is 216 Å². The summed E-state index contributed by atoms with van der Waals surface area (Å²) in [6.07, 6.45) is 0. The van der Waals surface area contributed by atoms with E-state index in [1.165, 1.54) is 38.5 Å². The fourth-order valence-corrected chi connectivity index (χ4v) is 8.58. The molecule has 0 aliphatic heterocycles. The van der Waals surface area contributed by atoms with E-state index in [1.54, 1.807) is 0 Å². The average molecular weight is 729 g/mol. The monoisotopic (exact) mass is 728 g/mol. The molecule has 0 saturated heterocycles. The number of rotatable bonds is 7. The third-order valence-corrected chi connectivity index (χ3v) is 11.2. The zero-order valence-corrected chi connectivity index (χ0v) is 31.1. The van der Waals surface area contributed by atoms with Gasteiger partial charge in [0.25, 0.3) is 0 Å². The molecule has 0 saturated carbocycles. The minimum absolute atomic E-state index is 0.897. The molecule has 0 atom stereocenters. The topological polar surface area (TPSA) is 21.3 Å². The predicted molar refractivity (Wildman–Crippen MR) is 239 cm³/mol. The highest BCUT2D eigenvalue weighted by Crippen LogP contribution is 2.44. The van der Waals surface area contributed by atoms with E-state index >= 15 is 0 Å². The summed E-state index contributed by atoms with van der Waals surface area (Å²) in [5.74, 6) is 0. The van der Waals surface area contributed by atoms with Crippen molar-refractivity contribution in [2.24, 2.45) is 0 Å². The van der Waals surface area contributed by atoms with Crippen molar-refractivity contribution in [3.8, 4) is 39.1 Å². The standard InChI is InChI=1S/C54H36N2O/c1-4-15-37(16-5-1)38-29-31-42(32-30-38)55(43-22-12-19-40(35-43)46-25-13-26-48-47-23-10-11-28-52(47)57-54(46)48)44-33-34-49-51(36-44)56(41-20-8-3-9-21-41)50-27-14-24-45(53(49)50)39-17-6-2-7-18-39/h1-36H. The van der Waals surface area contributed by atoms with Crippen LogP contribution in [0.25, 0.3) is 82.8 Å². The first kappa shape index (κ1) is 32.8. The van der Waals surface area contributed by atoms with Crippen molar-refractivity contribution in [1.82, 2.24) is 4.57 Å². The second kappa shape index (κ2) is 13.6. The Labute approximate surface area is 330 Å². The molecule has 0 unspecified atom stereocenters. The Balaban J connectivity index is 1.14. The predicted octanol–water partition coefficient (Wildman–Crippen LogP) is 15.2. The quantitative estimate of drug-likeness (QED) is 0.163. The minimum Gasteiger partial charge on any atom is -0.455 e. The molecule has 0 aliphatic rings. The number of anilines is 3. The molecule has 0 bridgehead atoms. The van der Waals surface area contributed by atoms with Gasteiger partial charge in [0.1, 0.15) is 11.2 Å². The lowest BCUT2D eigenvalue weighted by atomic mass is 9.99. The van der Waals surface area contributed by atoms with Gasteiger partial charge in [-0.1, -0.05) is 158 Å². The van der Waals surface area contributed by atoms with Crippen molar-refractivity contribution in [2.75, 3.05) is 4.90 Å². The first-order chi connectivity index (χ1) is 28.3. The van der Waals surface area contributed by atoms with E-state index in [0.717, 1.165) is 61.3 Å². The molecule has 11 aromatic rings. The van der Waals surface area contributed by atoms with Crippen LogP contribution in [0, 0.1) is 0 Å². The first-order valence-corrected chi connectivity index (χ1v) is 19.4. The Morgan fingerprint density at radius 2 is 0.947 bits per heavy atom. The number of hydrogen-bond donors (Lipinski definition) is 0. The highest BCUT2D eigenvalue weighted by atomic mass is 16.3. The lowest BCUT2D eigenvalue weighted by Crippen LogP contribution is -2.10. The number of furan rings is 1. The zero-order valence-electron chi connectivity index (χ0n) is 31.1.